The summed E-state index contributed by atoms with van der Waals surface area (Å²) in [6.45, 7) is -0.438. The molecule has 3 aromatic rings. The van der Waals surface area contributed by atoms with Gasteiger partial charge in [0.05, 0.1) is 6.42 Å². The highest BCUT2D eigenvalue weighted by molar-refractivity contribution is 7.08. The molecule has 0 atom stereocenters. The van der Waals surface area contributed by atoms with Crippen LogP contribution in [0.4, 0.5) is 4.39 Å². The minimum Gasteiger partial charge on any atom is -0.457 e. The van der Waals surface area contributed by atoms with Crippen molar-refractivity contribution in [1.82, 2.24) is 10.1 Å². The lowest BCUT2D eigenvalue weighted by molar-refractivity contribution is -0.142. The molecule has 0 aliphatic rings. The van der Waals surface area contributed by atoms with E-state index in [1.54, 1.807) is 0 Å². The Hall–Kier alpha value is -2.87. The number of ketones is 1. The quantitative estimate of drug-likeness (QED) is 0.475. The molecule has 25 heavy (non-hydrogen) atoms. The van der Waals surface area contributed by atoms with Gasteiger partial charge in [0.1, 0.15) is 5.82 Å². The molecule has 0 aliphatic carbocycles. The third kappa shape index (κ3) is 4.57. The van der Waals surface area contributed by atoms with Gasteiger partial charge >= 0.3 is 5.97 Å². The number of thiophene rings is 1. The molecule has 3 rings (SSSR count). The van der Waals surface area contributed by atoms with Gasteiger partial charge in [-0.2, -0.15) is 16.3 Å². The van der Waals surface area contributed by atoms with Crippen LogP contribution in [-0.2, 0) is 16.0 Å². The van der Waals surface area contributed by atoms with Gasteiger partial charge < -0.3 is 9.26 Å². The summed E-state index contributed by atoms with van der Waals surface area (Å²) in [5.74, 6) is -0.777. The summed E-state index contributed by atoms with van der Waals surface area (Å²) in [5.41, 5.74) is 1.01. The molecule has 0 fully saturated rings. The van der Waals surface area contributed by atoms with E-state index in [4.69, 9.17) is 9.26 Å². The van der Waals surface area contributed by atoms with Gasteiger partial charge in [0.25, 0.3) is 0 Å². The predicted octanol–water partition coefficient (Wildman–Crippen LogP) is 3.30. The van der Waals surface area contributed by atoms with Gasteiger partial charge in [-0.15, -0.1) is 0 Å². The maximum atomic E-state index is 13.1. The average molecular weight is 360 g/mol. The van der Waals surface area contributed by atoms with E-state index in [0.717, 1.165) is 11.6 Å². The number of esters is 1. The lowest BCUT2D eigenvalue weighted by atomic mass is 10.1. The summed E-state index contributed by atoms with van der Waals surface area (Å²) in [6, 6.07) is 7.08. The van der Waals surface area contributed by atoms with Gasteiger partial charge in [-0.1, -0.05) is 17.3 Å². The van der Waals surface area contributed by atoms with Gasteiger partial charge in [-0.05, 0) is 23.6 Å². The molecule has 1 aromatic carbocycles. The second-order valence-corrected chi connectivity index (χ2v) is 5.90. The molecule has 0 aliphatic heterocycles. The molecule has 2 heterocycles. The summed E-state index contributed by atoms with van der Waals surface area (Å²) < 4.78 is 23.0. The molecule has 6 nitrogen and oxygen atoms in total. The maximum Gasteiger partial charge on any atom is 0.306 e. The number of halogens is 1. The lowest BCUT2D eigenvalue weighted by Gasteiger charge is -2.03. The van der Waals surface area contributed by atoms with Crippen LogP contribution in [0, 0.1) is 5.82 Å². The number of aryl methyl sites for hydroxylation is 1. The number of carbonyl (C=O) groups is 2. The summed E-state index contributed by atoms with van der Waals surface area (Å²) in [7, 11) is 0. The van der Waals surface area contributed by atoms with Crippen LogP contribution in [0.5, 0.6) is 0 Å². The van der Waals surface area contributed by atoms with E-state index < -0.39 is 24.2 Å². The molecule has 0 bridgehead atoms. The van der Waals surface area contributed by atoms with E-state index in [-0.39, 0.29) is 18.4 Å². The van der Waals surface area contributed by atoms with Gasteiger partial charge in [-0.3, -0.25) is 9.59 Å². The first-order valence-corrected chi connectivity index (χ1v) is 8.35. The maximum absolute atomic E-state index is 13.1. The Morgan fingerprint density at radius 1 is 1.28 bits per heavy atom. The third-order valence-corrected chi connectivity index (χ3v) is 3.98. The molecule has 0 saturated carbocycles. The monoisotopic (exact) mass is 360 g/mol. The molecule has 0 saturated heterocycles. The Morgan fingerprint density at radius 3 is 2.92 bits per heavy atom. The Morgan fingerprint density at radius 2 is 2.16 bits per heavy atom. The molecule has 0 amide bonds. The van der Waals surface area contributed by atoms with E-state index in [0.29, 0.717) is 11.7 Å². The minimum absolute atomic E-state index is 0.00169. The number of Topliss-reactive ketones (excluding diaryl/α,β-unsaturated/α-hetero) is 1. The van der Waals surface area contributed by atoms with E-state index in [2.05, 4.69) is 10.1 Å². The van der Waals surface area contributed by atoms with Gasteiger partial charge in [0, 0.05) is 22.9 Å². The van der Waals surface area contributed by atoms with Crippen molar-refractivity contribution in [3.8, 4) is 11.4 Å². The van der Waals surface area contributed by atoms with Crippen molar-refractivity contribution in [1.29, 1.82) is 0 Å². The van der Waals surface area contributed by atoms with Gasteiger partial charge in [-0.25, -0.2) is 4.39 Å². The fourth-order valence-electron chi connectivity index (χ4n) is 2.04. The standard InChI is InChI=1S/C17H13FN2O4S/c18-13-3-1-2-11(8-13)14(21)9-23-16(22)5-4-15-19-17(20-24-15)12-6-7-25-10-12/h1-3,6-8,10H,4-5,9H2. The fraction of sp³-hybridized carbons (Fsp3) is 0.176. The number of hydrogen-bond donors (Lipinski definition) is 0. The zero-order valence-corrected chi connectivity index (χ0v) is 13.8. The minimum atomic E-state index is -0.569. The smallest absolute Gasteiger partial charge is 0.306 e. The van der Waals surface area contributed by atoms with Crippen LogP contribution >= 0.6 is 11.3 Å². The van der Waals surface area contributed by atoms with Crippen LogP contribution in [0.3, 0.4) is 0 Å². The number of hydrogen-bond acceptors (Lipinski definition) is 7. The first kappa shape index (κ1) is 17.0. The zero-order valence-electron chi connectivity index (χ0n) is 13.0. The van der Waals surface area contributed by atoms with Crippen LogP contribution in [0.2, 0.25) is 0 Å². The molecule has 0 N–H and O–H groups in total. The topological polar surface area (TPSA) is 82.3 Å². The lowest BCUT2D eigenvalue weighted by Crippen LogP contribution is -2.14. The number of aromatic nitrogens is 2. The SMILES string of the molecule is O=C(CCc1nc(-c2ccsc2)no1)OCC(=O)c1cccc(F)c1. The first-order chi connectivity index (χ1) is 12.1. The van der Waals surface area contributed by atoms with E-state index in [1.807, 2.05) is 16.8 Å². The molecule has 0 spiro atoms. The second-order valence-electron chi connectivity index (χ2n) is 5.12. The average Bonchev–Trinajstić information content (AvgIpc) is 3.29. The highest BCUT2D eigenvalue weighted by Gasteiger charge is 2.14. The largest absolute Gasteiger partial charge is 0.457 e. The number of rotatable bonds is 7. The van der Waals surface area contributed by atoms with Crippen LogP contribution in [0.1, 0.15) is 22.7 Å². The van der Waals surface area contributed by atoms with Crippen molar-refractivity contribution in [2.24, 2.45) is 0 Å². The highest BCUT2D eigenvalue weighted by atomic mass is 32.1. The Balaban J connectivity index is 1.46. The van der Waals surface area contributed by atoms with Crippen molar-refractivity contribution < 1.29 is 23.2 Å². The van der Waals surface area contributed by atoms with Crippen molar-refractivity contribution >= 4 is 23.1 Å². The van der Waals surface area contributed by atoms with Gasteiger partial charge in [0.2, 0.25) is 11.7 Å². The third-order valence-electron chi connectivity index (χ3n) is 3.30. The Bertz CT molecular complexity index is 876. The van der Waals surface area contributed by atoms with Crippen LogP contribution in [0.15, 0.2) is 45.6 Å². The van der Waals surface area contributed by atoms with Crippen LogP contribution in [0.25, 0.3) is 11.4 Å². The molecular weight excluding hydrogens is 347 g/mol. The van der Waals surface area contributed by atoms with Crippen molar-refractivity contribution in [2.45, 2.75) is 12.8 Å². The molecule has 2 aromatic heterocycles. The summed E-state index contributed by atoms with van der Waals surface area (Å²) in [6.07, 6.45) is 0.214. The van der Waals surface area contributed by atoms with E-state index >= 15 is 0 Å². The number of benzene rings is 1. The molecular formula is C17H13FN2O4S. The highest BCUT2D eigenvalue weighted by Crippen LogP contribution is 2.19. The molecule has 0 radical (unpaired) electrons. The summed E-state index contributed by atoms with van der Waals surface area (Å²) >= 11 is 1.52. The predicted molar refractivity (Wildman–Crippen MR) is 87.6 cm³/mol. The molecule has 8 heteroatoms. The number of nitrogens with zero attached hydrogens (tertiary/aromatic N) is 2. The van der Waals surface area contributed by atoms with E-state index in [9.17, 15) is 14.0 Å². The van der Waals surface area contributed by atoms with Crippen LogP contribution < -0.4 is 0 Å². The van der Waals surface area contributed by atoms with Crippen molar-refractivity contribution in [3.05, 3.63) is 58.4 Å². The number of ether oxygens (including phenoxy) is 1. The van der Waals surface area contributed by atoms with Crippen molar-refractivity contribution in [2.75, 3.05) is 6.61 Å². The first-order valence-electron chi connectivity index (χ1n) is 7.41. The molecule has 128 valence electrons. The van der Waals surface area contributed by atoms with Crippen molar-refractivity contribution in [3.63, 3.8) is 0 Å². The van der Waals surface area contributed by atoms with E-state index in [1.165, 1.54) is 29.5 Å². The Kier molecular flexibility index (Phi) is 5.30. The summed E-state index contributed by atoms with van der Waals surface area (Å²) in [5, 5.41) is 7.63. The fourth-order valence-corrected chi connectivity index (χ4v) is 2.67. The normalized spacial score (nSPS) is 10.6. The Labute approximate surface area is 146 Å². The number of carbonyl (C=O) groups excluding carboxylic acids is 2. The second kappa shape index (κ2) is 7.80. The van der Waals surface area contributed by atoms with Crippen LogP contribution in [-0.4, -0.2) is 28.5 Å². The summed E-state index contributed by atoms with van der Waals surface area (Å²) in [4.78, 5) is 27.7. The van der Waals surface area contributed by atoms with Gasteiger partial charge in [0.15, 0.2) is 12.4 Å². The molecule has 0 unspecified atom stereocenters. The zero-order chi connectivity index (χ0) is 17.6.